The van der Waals surface area contributed by atoms with Crippen molar-refractivity contribution >= 4 is 23.1 Å². The van der Waals surface area contributed by atoms with E-state index >= 15 is 0 Å². The van der Waals surface area contributed by atoms with Crippen molar-refractivity contribution in [1.82, 2.24) is 24.4 Å². The first-order valence-corrected chi connectivity index (χ1v) is 7.53. The third-order valence-electron chi connectivity index (χ3n) is 3.68. The van der Waals surface area contributed by atoms with Crippen molar-refractivity contribution in [3.63, 3.8) is 0 Å². The lowest BCUT2D eigenvalue weighted by Crippen LogP contribution is -2.16. The highest BCUT2D eigenvalue weighted by Crippen LogP contribution is 2.21. The maximum atomic E-state index is 12.5. The van der Waals surface area contributed by atoms with Crippen LogP contribution in [0.4, 0.5) is 11.5 Å². The quantitative estimate of drug-likeness (QED) is 0.445. The Bertz CT molecular complexity index is 1130. The third-order valence-corrected chi connectivity index (χ3v) is 3.68. The Hall–Kier alpha value is -4.08. The normalized spacial score (nSPS) is 10.8. The number of para-hydroxylation sites is 2. The number of hydrogen-bond donors (Lipinski definition) is 1. The number of fused-ring (bicyclic) bond motifs is 1. The number of carbonyl (C=O) groups excluding carboxylic acids is 1. The molecule has 4 rings (SSSR count). The minimum Gasteiger partial charge on any atom is -0.305 e. The van der Waals surface area contributed by atoms with Gasteiger partial charge >= 0.3 is 0 Å². The summed E-state index contributed by atoms with van der Waals surface area (Å²) in [5.41, 5.74) is 0.873. The van der Waals surface area contributed by atoms with Crippen LogP contribution in [-0.4, -0.2) is 35.2 Å². The highest BCUT2D eigenvalue weighted by Gasteiger charge is 2.17. The molecular weight excluding hydrogens is 338 g/mol. The molecule has 0 spiro atoms. The standard InChI is InChI=1S/C16H11N7O3/c24-16(19-15-5-8-17-14-6-9-18-22(14)15)11-7-10-21(20-11)12-3-1-2-4-13(12)23(25)26/h1-10H,(H,19,24). The van der Waals surface area contributed by atoms with Crippen molar-refractivity contribution in [1.29, 1.82) is 0 Å². The first-order chi connectivity index (χ1) is 12.6. The predicted octanol–water partition coefficient (Wildman–Crippen LogP) is 2.08. The van der Waals surface area contributed by atoms with Crippen molar-refractivity contribution in [3.05, 3.63) is 76.9 Å². The molecule has 1 amide bonds. The number of anilines is 1. The van der Waals surface area contributed by atoms with E-state index in [1.54, 1.807) is 42.7 Å². The second kappa shape index (κ2) is 6.09. The first kappa shape index (κ1) is 15.4. The maximum absolute atomic E-state index is 12.5. The highest BCUT2D eigenvalue weighted by molar-refractivity contribution is 6.02. The summed E-state index contributed by atoms with van der Waals surface area (Å²) in [5, 5.41) is 22.1. The molecule has 1 aromatic carbocycles. The number of rotatable bonds is 4. The van der Waals surface area contributed by atoms with Crippen LogP contribution in [0.15, 0.2) is 61.1 Å². The topological polar surface area (TPSA) is 120 Å². The summed E-state index contributed by atoms with van der Waals surface area (Å²) in [6, 6.07) is 11.0. The van der Waals surface area contributed by atoms with Crippen LogP contribution in [0.2, 0.25) is 0 Å². The Morgan fingerprint density at radius 1 is 1.12 bits per heavy atom. The smallest absolute Gasteiger partial charge is 0.294 e. The molecular formula is C16H11N7O3. The molecule has 0 aliphatic heterocycles. The van der Waals surface area contributed by atoms with Gasteiger partial charge < -0.3 is 5.32 Å². The summed E-state index contributed by atoms with van der Waals surface area (Å²) in [6.07, 6.45) is 4.62. The lowest BCUT2D eigenvalue weighted by molar-refractivity contribution is -0.384. The summed E-state index contributed by atoms with van der Waals surface area (Å²) in [4.78, 5) is 27.2. The van der Waals surface area contributed by atoms with Gasteiger partial charge in [0.05, 0.1) is 11.1 Å². The molecule has 10 heteroatoms. The average Bonchev–Trinajstić information content (AvgIpc) is 3.31. The van der Waals surface area contributed by atoms with E-state index in [2.05, 4.69) is 20.5 Å². The lowest BCUT2D eigenvalue weighted by atomic mass is 10.3. The average molecular weight is 349 g/mol. The molecule has 0 aliphatic rings. The second-order valence-corrected chi connectivity index (χ2v) is 5.28. The van der Waals surface area contributed by atoms with Crippen LogP contribution in [0.1, 0.15) is 10.5 Å². The molecule has 0 saturated carbocycles. The second-order valence-electron chi connectivity index (χ2n) is 5.28. The Labute approximate surface area is 145 Å². The zero-order valence-corrected chi connectivity index (χ0v) is 13.2. The molecule has 10 nitrogen and oxygen atoms in total. The minimum absolute atomic E-state index is 0.102. The van der Waals surface area contributed by atoms with E-state index in [9.17, 15) is 14.9 Å². The van der Waals surface area contributed by atoms with Gasteiger partial charge in [0.1, 0.15) is 11.5 Å². The highest BCUT2D eigenvalue weighted by atomic mass is 16.6. The van der Waals surface area contributed by atoms with E-state index in [0.717, 1.165) is 0 Å². The van der Waals surface area contributed by atoms with E-state index in [1.807, 2.05) is 0 Å². The Kier molecular flexibility index (Phi) is 3.62. The lowest BCUT2D eigenvalue weighted by Gasteiger charge is -2.05. The van der Waals surface area contributed by atoms with Gasteiger partial charge in [0.25, 0.3) is 11.6 Å². The van der Waals surface area contributed by atoms with E-state index in [-0.39, 0.29) is 17.1 Å². The molecule has 0 unspecified atom stereocenters. The van der Waals surface area contributed by atoms with E-state index in [1.165, 1.54) is 27.5 Å². The summed E-state index contributed by atoms with van der Waals surface area (Å²) < 4.78 is 2.78. The fourth-order valence-corrected chi connectivity index (χ4v) is 2.50. The summed E-state index contributed by atoms with van der Waals surface area (Å²) in [5.74, 6) is -0.0319. The van der Waals surface area contributed by atoms with Gasteiger partial charge in [-0.05, 0) is 18.2 Å². The molecule has 0 atom stereocenters. The van der Waals surface area contributed by atoms with Gasteiger partial charge in [0, 0.05) is 24.5 Å². The predicted molar refractivity (Wildman–Crippen MR) is 91.2 cm³/mol. The number of carbonyl (C=O) groups is 1. The Morgan fingerprint density at radius 2 is 1.96 bits per heavy atom. The van der Waals surface area contributed by atoms with Gasteiger partial charge in [-0.25, -0.2) is 9.67 Å². The van der Waals surface area contributed by atoms with Crippen LogP contribution in [0.5, 0.6) is 0 Å². The van der Waals surface area contributed by atoms with E-state index in [0.29, 0.717) is 11.5 Å². The molecule has 0 aliphatic carbocycles. The zero-order valence-electron chi connectivity index (χ0n) is 13.2. The van der Waals surface area contributed by atoms with Crippen LogP contribution in [0.3, 0.4) is 0 Å². The molecule has 0 fully saturated rings. The van der Waals surface area contributed by atoms with E-state index < -0.39 is 10.8 Å². The molecule has 3 aromatic heterocycles. The van der Waals surface area contributed by atoms with Crippen LogP contribution in [0.25, 0.3) is 11.3 Å². The zero-order chi connectivity index (χ0) is 18.1. The van der Waals surface area contributed by atoms with Gasteiger partial charge in [-0.2, -0.15) is 14.7 Å². The van der Waals surface area contributed by atoms with Crippen LogP contribution < -0.4 is 5.32 Å². The number of nitro groups is 1. The molecule has 128 valence electrons. The van der Waals surface area contributed by atoms with Crippen LogP contribution in [-0.2, 0) is 0 Å². The van der Waals surface area contributed by atoms with Crippen LogP contribution in [0, 0.1) is 10.1 Å². The van der Waals surface area contributed by atoms with Gasteiger partial charge in [-0.1, -0.05) is 12.1 Å². The molecule has 4 aromatic rings. The summed E-state index contributed by atoms with van der Waals surface area (Å²) >= 11 is 0. The fourth-order valence-electron chi connectivity index (χ4n) is 2.50. The van der Waals surface area contributed by atoms with Gasteiger partial charge in [-0.15, -0.1) is 0 Å². The maximum Gasteiger partial charge on any atom is 0.294 e. The number of nitrogens with one attached hydrogen (secondary N) is 1. The van der Waals surface area contributed by atoms with Crippen molar-refractivity contribution in [2.45, 2.75) is 0 Å². The molecule has 1 N–H and O–H groups in total. The molecule has 0 saturated heterocycles. The van der Waals surface area contributed by atoms with Crippen molar-refractivity contribution in [2.75, 3.05) is 5.32 Å². The van der Waals surface area contributed by atoms with Gasteiger partial charge in [-0.3, -0.25) is 14.9 Å². The van der Waals surface area contributed by atoms with Crippen LogP contribution >= 0.6 is 0 Å². The van der Waals surface area contributed by atoms with Crippen molar-refractivity contribution < 1.29 is 9.72 Å². The third kappa shape index (κ3) is 2.65. The molecule has 0 bridgehead atoms. The van der Waals surface area contributed by atoms with Crippen molar-refractivity contribution in [3.8, 4) is 5.69 Å². The number of hydrogen-bond acceptors (Lipinski definition) is 6. The SMILES string of the molecule is O=C(Nc1ccnc2ccnn12)c1ccn(-c2ccccc2[N+](=O)[O-])n1. The van der Waals surface area contributed by atoms with Crippen molar-refractivity contribution in [2.24, 2.45) is 0 Å². The number of aromatic nitrogens is 5. The number of amides is 1. The largest absolute Gasteiger partial charge is 0.305 e. The van der Waals surface area contributed by atoms with Gasteiger partial charge in [0.2, 0.25) is 0 Å². The fraction of sp³-hybridized carbons (Fsp3) is 0. The number of benzene rings is 1. The summed E-state index contributed by atoms with van der Waals surface area (Å²) in [7, 11) is 0. The minimum atomic E-state index is -0.498. The monoisotopic (exact) mass is 349 g/mol. The van der Waals surface area contributed by atoms with E-state index in [4.69, 9.17) is 0 Å². The number of nitro benzene ring substituents is 1. The number of nitrogens with zero attached hydrogens (tertiary/aromatic N) is 6. The van der Waals surface area contributed by atoms with Gasteiger partial charge in [0.15, 0.2) is 11.3 Å². The molecule has 3 heterocycles. The Balaban J connectivity index is 1.63. The molecule has 26 heavy (non-hydrogen) atoms. The summed E-state index contributed by atoms with van der Waals surface area (Å²) in [6.45, 7) is 0. The Morgan fingerprint density at radius 3 is 2.81 bits per heavy atom. The first-order valence-electron chi connectivity index (χ1n) is 7.53. The molecule has 0 radical (unpaired) electrons.